The van der Waals surface area contributed by atoms with Gasteiger partial charge in [-0.2, -0.15) is 0 Å². The summed E-state index contributed by atoms with van der Waals surface area (Å²) in [4.78, 5) is 26.3. The first-order valence-electron chi connectivity index (χ1n) is 11.1. The summed E-state index contributed by atoms with van der Waals surface area (Å²) in [5, 5.41) is 2.92. The van der Waals surface area contributed by atoms with Gasteiger partial charge in [0.1, 0.15) is 11.6 Å². The molecule has 0 aliphatic carbocycles. The van der Waals surface area contributed by atoms with E-state index in [0.717, 1.165) is 5.56 Å². The molecule has 1 amide bonds. The quantitative estimate of drug-likeness (QED) is 0.353. The second-order valence-corrected chi connectivity index (χ2v) is 8.00. The first-order chi connectivity index (χ1) is 17.1. The first-order valence-corrected chi connectivity index (χ1v) is 11.1. The van der Waals surface area contributed by atoms with Crippen molar-refractivity contribution in [2.75, 3.05) is 6.54 Å². The van der Waals surface area contributed by atoms with Crippen LogP contribution >= 0.6 is 0 Å². The van der Waals surface area contributed by atoms with Crippen LogP contribution in [0.25, 0.3) is 33.5 Å². The van der Waals surface area contributed by atoms with Gasteiger partial charge in [0.15, 0.2) is 0 Å². The molecule has 3 aromatic carbocycles. The third kappa shape index (κ3) is 5.04. The number of aromatic nitrogens is 3. The predicted molar refractivity (Wildman–Crippen MR) is 131 cm³/mol. The third-order valence-corrected chi connectivity index (χ3v) is 5.61. The molecule has 0 aliphatic heterocycles. The number of fused-ring (bicyclic) bond motifs is 1. The van der Waals surface area contributed by atoms with Gasteiger partial charge in [-0.3, -0.25) is 9.78 Å². The predicted octanol–water partition coefficient (Wildman–Crippen LogP) is 5.61. The van der Waals surface area contributed by atoms with Crippen molar-refractivity contribution in [3.63, 3.8) is 0 Å². The minimum Gasteiger partial charge on any atom is -0.352 e. The van der Waals surface area contributed by atoms with E-state index in [4.69, 9.17) is 9.97 Å². The molecule has 0 saturated carbocycles. The van der Waals surface area contributed by atoms with Crippen LogP contribution in [0.2, 0.25) is 0 Å². The maximum absolute atomic E-state index is 13.6. The summed E-state index contributed by atoms with van der Waals surface area (Å²) in [6.07, 6.45) is 4.13. The largest absolute Gasteiger partial charge is 0.352 e. The Bertz CT molecular complexity index is 1490. The lowest BCUT2D eigenvalue weighted by molar-refractivity contribution is 0.0954. The Labute approximate surface area is 200 Å². The minimum absolute atomic E-state index is 0.214. The van der Waals surface area contributed by atoms with Gasteiger partial charge in [0.25, 0.3) is 5.91 Å². The fourth-order valence-electron chi connectivity index (χ4n) is 3.79. The lowest BCUT2D eigenvalue weighted by atomic mass is 10.0. The highest BCUT2D eigenvalue weighted by molar-refractivity contribution is 5.98. The normalized spacial score (nSPS) is 10.9. The van der Waals surface area contributed by atoms with Crippen LogP contribution in [0.3, 0.4) is 0 Å². The van der Waals surface area contributed by atoms with Gasteiger partial charge < -0.3 is 5.32 Å². The molecule has 0 spiro atoms. The van der Waals surface area contributed by atoms with E-state index in [0.29, 0.717) is 52.1 Å². The maximum Gasteiger partial charge on any atom is 0.251 e. The fraction of sp³-hybridized carbons (Fsp3) is 0.0714. The molecule has 2 heterocycles. The molecular formula is C28H20F2N4O. The van der Waals surface area contributed by atoms with Crippen LogP contribution in [-0.2, 0) is 6.42 Å². The van der Waals surface area contributed by atoms with Crippen LogP contribution in [-0.4, -0.2) is 27.4 Å². The zero-order chi connectivity index (χ0) is 24.2. The summed E-state index contributed by atoms with van der Waals surface area (Å²) in [6.45, 7) is 0.483. The fourth-order valence-corrected chi connectivity index (χ4v) is 3.79. The Kier molecular flexibility index (Phi) is 6.22. The van der Waals surface area contributed by atoms with E-state index in [2.05, 4.69) is 10.3 Å². The topological polar surface area (TPSA) is 67.8 Å². The molecule has 7 heteroatoms. The molecule has 0 bridgehead atoms. The van der Waals surface area contributed by atoms with Gasteiger partial charge in [-0.1, -0.05) is 0 Å². The first kappa shape index (κ1) is 22.3. The Morgan fingerprint density at radius 1 is 0.714 bits per heavy atom. The second kappa shape index (κ2) is 9.77. The summed E-state index contributed by atoms with van der Waals surface area (Å²) in [5.74, 6) is -0.935. The van der Waals surface area contributed by atoms with Crippen LogP contribution in [0.1, 0.15) is 15.9 Å². The summed E-state index contributed by atoms with van der Waals surface area (Å²) >= 11 is 0. The summed E-state index contributed by atoms with van der Waals surface area (Å²) in [7, 11) is 0. The SMILES string of the molecule is O=C(NCCc1ccncc1)c1ccc2nc(-c3ccc(F)cc3)c(-c3ccc(F)cc3)nc2c1. The highest BCUT2D eigenvalue weighted by Crippen LogP contribution is 2.31. The van der Waals surface area contributed by atoms with Crippen molar-refractivity contribution < 1.29 is 13.6 Å². The molecule has 0 radical (unpaired) electrons. The zero-order valence-corrected chi connectivity index (χ0v) is 18.6. The Morgan fingerprint density at radius 2 is 1.29 bits per heavy atom. The van der Waals surface area contributed by atoms with Gasteiger partial charge in [-0.25, -0.2) is 18.7 Å². The van der Waals surface area contributed by atoms with Crippen LogP contribution in [0, 0.1) is 11.6 Å². The molecule has 0 unspecified atom stereocenters. The number of hydrogen-bond donors (Lipinski definition) is 1. The molecule has 0 atom stereocenters. The Balaban J connectivity index is 1.49. The summed E-state index contributed by atoms with van der Waals surface area (Å²) < 4.78 is 27.1. The maximum atomic E-state index is 13.6. The van der Waals surface area contributed by atoms with Crippen molar-refractivity contribution in [1.82, 2.24) is 20.3 Å². The number of amides is 1. The van der Waals surface area contributed by atoms with Gasteiger partial charge in [-0.05, 0) is 90.8 Å². The molecule has 2 aromatic heterocycles. The molecule has 5 aromatic rings. The lowest BCUT2D eigenvalue weighted by Gasteiger charge is -2.12. The van der Waals surface area contributed by atoms with E-state index < -0.39 is 0 Å². The molecular weight excluding hydrogens is 446 g/mol. The van der Waals surface area contributed by atoms with E-state index in [1.54, 1.807) is 54.9 Å². The number of halogens is 2. The molecule has 5 rings (SSSR count). The van der Waals surface area contributed by atoms with Crippen molar-refractivity contribution in [3.05, 3.63) is 114 Å². The smallest absolute Gasteiger partial charge is 0.251 e. The van der Waals surface area contributed by atoms with Gasteiger partial charge >= 0.3 is 0 Å². The lowest BCUT2D eigenvalue weighted by Crippen LogP contribution is -2.25. The number of nitrogens with zero attached hydrogens (tertiary/aromatic N) is 3. The number of hydrogen-bond acceptors (Lipinski definition) is 4. The molecule has 35 heavy (non-hydrogen) atoms. The molecule has 172 valence electrons. The van der Waals surface area contributed by atoms with Gasteiger partial charge in [0.2, 0.25) is 0 Å². The number of carbonyl (C=O) groups excluding carboxylic acids is 1. The average molecular weight is 466 g/mol. The van der Waals surface area contributed by atoms with Crippen LogP contribution in [0.5, 0.6) is 0 Å². The Morgan fingerprint density at radius 3 is 1.89 bits per heavy atom. The standard InChI is InChI=1S/C28H20F2N4O/c29-22-6-1-19(2-7-22)26-27(20-3-8-23(30)9-4-20)34-25-17-21(5-10-24(25)33-26)28(35)32-16-13-18-11-14-31-15-12-18/h1-12,14-15,17H,13,16H2,(H,32,35). The molecule has 5 nitrogen and oxygen atoms in total. The summed E-state index contributed by atoms with van der Waals surface area (Å²) in [5.41, 5.74) is 5.05. The van der Waals surface area contributed by atoms with Crippen molar-refractivity contribution in [2.45, 2.75) is 6.42 Å². The monoisotopic (exact) mass is 466 g/mol. The highest BCUT2D eigenvalue weighted by Gasteiger charge is 2.15. The van der Waals surface area contributed by atoms with Crippen molar-refractivity contribution >= 4 is 16.9 Å². The zero-order valence-electron chi connectivity index (χ0n) is 18.6. The van der Waals surface area contributed by atoms with E-state index in [1.165, 1.54) is 24.3 Å². The van der Waals surface area contributed by atoms with Gasteiger partial charge in [-0.15, -0.1) is 0 Å². The van der Waals surface area contributed by atoms with Crippen LogP contribution < -0.4 is 5.32 Å². The minimum atomic E-state index is -0.364. The number of pyridine rings is 1. The van der Waals surface area contributed by atoms with Crippen LogP contribution in [0.4, 0.5) is 8.78 Å². The van der Waals surface area contributed by atoms with E-state index >= 15 is 0 Å². The van der Waals surface area contributed by atoms with E-state index in [-0.39, 0.29) is 17.5 Å². The van der Waals surface area contributed by atoms with Crippen molar-refractivity contribution in [3.8, 4) is 22.5 Å². The molecule has 0 saturated heterocycles. The third-order valence-electron chi connectivity index (χ3n) is 5.61. The van der Waals surface area contributed by atoms with Crippen molar-refractivity contribution in [1.29, 1.82) is 0 Å². The average Bonchev–Trinajstić information content (AvgIpc) is 2.89. The highest BCUT2D eigenvalue weighted by atomic mass is 19.1. The van der Waals surface area contributed by atoms with E-state index in [1.807, 2.05) is 12.1 Å². The molecule has 0 fully saturated rings. The molecule has 1 N–H and O–H groups in total. The second-order valence-electron chi connectivity index (χ2n) is 8.00. The van der Waals surface area contributed by atoms with Crippen LogP contribution in [0.15, 0.2) is 91.3 Å². The van der Waals surface area contributed by atoms with E-state index in [9.17, 15) is 13.6 Å². The summed E-state index contributed by atoms with van der Waals surface area (Å²) in [6, 6.07) is 20.8. The number of benzene rings is 3. The molecule has 0 aliphatic rings. The van der Waals surface area contributed by atoms with Gasteiger partial charge in [0.05, 0.1) is 22.4 Å². The Hall–Kier alpha value is -4.52. The number of nitrogens with one attached hydrogen (secondary N) is 1. The van der Waals surface area contributed by atoms with Gasteiger partial charge in [0, 0.05) is 35.6 Å². The number of carbonyl (C=O) groups is 1. The number of rotatable bonds is 6. The van der Waals surface area contributed by atoms with Crippen molar-refractivity contribution in [2.24, 2.45) is 0 Å².